The maximum absolute atomic E-state index is 15.0. The molecule has 2 heterocycles. The molecule has 1 amide bonds. The summed E-state index contributed by atoms with van der Waals surface area (Å²) < 4.78 is 25.6. The van der Waals surface area contributed by atoms with Crippen molar-refractivity contribution in [1.82, 2.24) is 9.88 Å². The summed E-state index contributed by atoms with van der Waals surface area (Å²) >= 11 is 0. The number of methoxy groups -OCH3 is 1. The van der Waals surface area contributed by atoms with Crippen LogP contribution in [-0.2, 0) is 29.0 Å². The van der Waals surface area contributed by atoms with Crippen molar-refractivity contribution in [1.29, 1.82) is 5.26 Å². The molecule has 0 atom stereocenters. The Morgan fingerprint density at radius 1 is 1.31 bits per heavy atom. The molecule has 1 fully saturated rings. The number of hydrogen-bond acceptors (Lipinski definition) is 5. The van der Waals surface area contributed by atoms with Crippen molar-refractivity contribution in [2.45, 2.75) is 64.7 Å². The second-order valence-corrected chi connectivity index (χ2v) is 9.46. The molecule has 1 saturated carbocycles. The average Bonchev–Trinajstić information content (AvgIpc) is 3.56. The van der Waals surface area contributed by atoms with Crippen molar-refractivity contribution in [2.24, 2.45) is 0 Å². The third kappa shape index (κ3) is 4.46. The fourth-order valence-electron chi connectivity index (χ4n) is 4.16. The lowest BCUT2D eigenvalue weighted by Crippen LogP contribution is -2.40. The van der Waals surface area contributed by atoms with Gasteiger partial charge in [-0.2, -0.15) is 5.26 Å². The van der Waals surface area contributed by atoms with Gasteiger partial charge in [-0.25, -0.2) is 9.18 Å². The monoisotopic (exact) mass is 437 g/mol. The summed E-state index contributed by atoms with van der Waals surface area (Å²) in [6.07, 6.45) is 2.15. The molecule has 1 aliphatic heterocycles. The molecule has 2 aliphatic rings. The minimum atomic E-state index is -0.580. The second kappa shape index (κ2) is 8.51. The Bertz CT molecular complexity index is 1100. The Labute approximate surface area is 188 Å². The van der Waals surface area contributed by atoms with E-state index in [9.17, 15) is 10.1 Å². The smallest absolute Gasteiger partial charge is 0.410 e. The molecule has 1 aromatic carbocycles. The summed E-state index contributed by atoms with van der Waals surface area (Å²) in [7, 11) is 1.56. The lowest BCUT2D eigenvalue weighted by atomic mass is 9.89. The number of benzene rings is 1. The highest BCUT2D eigenvalue weighted by Crippen LogP contribution is 2.45. The second-order valence-electron chi connectivity index (χ2n) is 9.46. The minimum Gasteiger partial charge on any atom is -0.444 e. The van der Waals surface area contributed by atoms with Gasteiger partial charge in [0.2, 0.25) is 0 Å². The maximum atomic E-state index is 15.0. The summed E-state index contributed by atoms with van der Waals surface area (Å²) in [6, 6.07) is 7.17. The highest BCUT2D eigenvalue weighted by atomic mass is 19.1. The summed E-state index contributed by atoms with van der Waals surface area (Å²) in [5.41, 5.74) is 3.92. The number of amides is 1. The first-order valence-corrected chi connectivity index (χ1v) is 10.9. The molecule has 4 rings (SSSR count). The van der Waals surface area contributed by atoms with Gasteiger partial charge in [0, 0.05) is 30.8 Å². The SMILES string of the molecule is COCc1ccc(-c2nc(C3CC3)c3c(c2C#N)CCN(C(=O)OC(C)(C)C)C3)c(F)c1. The summed E-state index contributed by atoms with van der Waals surface area (Å²) in [5.74, 6) is -0.138. The number of nitriles is 1. The highest BCUT2D eigenvalue weighted by molar-refractivity contribution is 5.73. The first-order chi connectivity index (χ1) is 15.2. The van der Waals surface area contributed by atoms with Gasteiger partial charge in [0.05, 0.1) is 24.4 Å². The molecule has 32 heavy (non-hydrogen) atoms. The summed E-state index contributed by atoms with van der Waals surface area (Å²) in [6.45, 7) is 6.63. The summed E-state index contributed by atoms with van der Waals surface area (Å²) in [4.78, 5) is 19.1. The van der Waals surface area contributed by atoms with Crippen LogP contribution in [0, 0.1) is 17.1 Å². The zero-order chi connectivity index (χ0) is 23.0. The number of aromatic nitrogens is 1. The molecule has 0 N–H and O–H groups in total. The quantitative estimate of drug-likeness (QED) is 0.667. The Kier molecular flexibility index (Phi) is 5.91. The van der Waals surface area contributed by atoms with Crippen LogP contribution in [0.15, 0.2) is 18.2 Å². The minimum absolute atomic E-state index is 0.282. The Morgan fingerprint density at radius 2 is 2.06 bits per heavy atom. The molecule has 168 valence electrons. The molecule has 0 bridgehead atoms. The zero-order valence-corrected chi connectivity index (χ0v) is 19.0. The number of hydrogen-bond donors (Lipinski definition) is 0. The number of rotatable bonds is 4. The Hall–Kier alpha value is -2.98. The van der Waals surface area contributed by atoms with E-state index in [0.717, 1.165) is 35.2 Å². The van der Waals surface area contributed by atoms with Crippen LogP contribution in [0.1, 0.15) is 67.5 Å². The average molecular weight is 438 g/mol. The van der Waals surface area contributed by atoms with E-state index in [0.29, 0.717) is 42.9 Å². The molecular formula is C25H28FN3O3. The molecule has 0 saturated heterocycles. The normalized spacial score (nSPS) is 15.8. The van der Waals surface area contributed by atoms with Gasteiger partial charge in [0.25, 0.3) is 0 Å². The van der Waals surface area contributed by atoms with Gasteiger partial charge < -0.3 is 14.4 Å². The van der Waals surface area contributed by atoms with Crippen LogP contribution < -0.4 is 0 Å². The van der Waals surface area contributed by atoms with E-state index in [4.69, 9.17) is 14.5 Å². The van der Waals surface area contributed by atoms with E-state index in [1.165, 1.54) is 6.07 Å². The number of pyridine rings is 1. The van der Waals surface area contributed by atoms with Crippen molar-refractivity contribution >= 4 is 6.09 Å². The van der Waals surface area contributed by atoms with Gasteiger partial charge in [-0.3, -0.25) is 4.98 Å². The number of carbonyl (C=O) groups is 1. The van der Waals surface area contributed by atoms with E-state index in [2.05, 4.69) is 6.07 Å². The van der Waals surface area contributed by atoms with Gasteiger partial charge in [-0.15, -0.1) is 0 Å². The van der Waals surface area contributed by atoms with Crippen molar-refractivity contribution in [3.8, 4) is 17.3 Å². The predicted molar refractivity (Wildman–Crippen MR) is 117 cm³/mol. The molecule has 7 heteroatoms. The number of nitrogens with zero attached hydrogens (tertiary/aromatic N) is 3. The third-order valence-corrected chi connectivity index (χ3v) is 5.75. The number of halogens is 1. The first-order valence-electron chi connectivity index (χ1n) is 10.9. The maximum Gasteiger partial charge on any atom is 0.410 e. The third-order valence-electron chi connectivity index (χ3n) is 5.75. The van der Waals surface area contributed by atoms with Crippen LogP contribution in [0.4, 0.5) is 9.18 Å². The van der Waals surface area contributed by atoms with E-state index in [1.54, 1.807) is 24.1 Å². The van der Waals surface area contributed by atoms with Crippen LogP contribution in [0.2, 0.25) is 0 Å². The van der Waals surface area contributed by atoms with E-state index in [1.807, 2.05) is 20.8 Å². The van der Waals surface area contributed by atoms with Gasteiger partial charge in [-0.1, -0.05) is 6.07 Å². The lowest BCUT2D eigenvalue weighted by molar-refractivity contribution is 0.0223. The standard InChI is InChI=1S/C25H28FN3O3/c1-25(2,3)32-24(30)29-10-9-17-19(12-27)23(28-22(16-6-7-16)20(17)13-29)18-8-5-15(14-31-4)11-21(18)26/h5,8,11,16H,6-7,9-10,13-14H2,1-4H3. The molecule has 1 aliphatic carbocycles. The Morgan fingerprint density at radius 3 is 2.66 bits per heavy atom. The largest absolute Gasteiger partial charge is 0.444 e. The predicted octanol–water partition coefficient (Wildman–Crippen LogP) is 5.08. The number of fused-ring (bicyclic) bond motifs is 1. The molecular weight excluding hydrogens is 409 g/mol. The fourth-order valence-corrected chi connectivity index (χ4v) is 4.16. The van der Waals surface area contributed by atoms with Crippen molar-refractivity contribution < 1.29 is 18.7 Å². The van der Waals surface area contributed by atoms with Crippen LogP contribution in [0.25, 0.3) is 11.3 Å². The van der Waals surface area contributed by atoms with Crippen LogP contribution in [0.5, 0.6) is 0 Å². The lowest BCUT2D eigenvalue weighted by Gasteiger charge is -2.33. The number of ether oxygens (including phenoxy) is 2. The zero-order valence-electron chi connectivity index (χ0n) is 19.0. The van der Waals surface area contributed by atoms with Crippen LogP contribution >= 0.6 is 0 Å². The molecule has 2 aromatic rings. The molecule has 0 radical (unpaired) electrons. The van der Waals surface area contributed by atoms with Crippen LogP contribution in [0.3, 0.4) is 0 Å². The van der Waals surface area contributed by atoms with Gasteiger partial charge in [0.15, 0.2) is 0 Å². The fraction of sp³-hybridized carbons (Fsp3) is 0.480. The van der Waals surface area contributed by atoms with Crippen molar-refractivity contribution in [2.75, 3.05) is 13.7 Å². The van der Waals surface area contributed by atoms with Crippen molar-refractivity contribution in [3.05, 3.63) is 52.0 Å². The van der Waals surface area contributed by atoms with Crippen molar-refractivity contribution in [3.63, 3.8) is 0 Å². The first kappa shape index (κ1) is 22.2. The number of carbonyl (C=O) groups excluding carboxylic acids is 1. The van der Waals surface area contributed by atoms with E-state index in [-0.39, 0.29) is 12.0 Å². The van der Waals surface area contributed by atoms with Gasteiger partial charge in [-0.05, 0) is 68.9 Å². The molecule has 1 aromatic heterocycles. The van der Waals surface area contributed by atoms with Gasteiger partial charge in [0.1, 0.15) is 17.5 Å². The van der Waals surface area contributed by atoms with E-state index < -0.39 is 11.4 Å². The Balaban J connectivity index is 1.77. The summed E-state index contributed by atoms with van der Waals surface area (Å²) in [5, 5.41) is 10.0. The highest BCUT2D eigenvalue weighted by Gasteiger charge is 2.36. The topological polar surface area (TPSA) is 75.5 Å². The van der Waals surface area contributed by atoms with Crippen LogP contribution in [-0.4, -0.2) is 35.2 Å². The van der Waals surface area contributed by atoms with E-state index >= 15 is 4.39 Å². The van der Waals surface area contributed by atoms with Gasteiger partial charge >= 0.3 is 6.09 Å². The molecule has 6 nitrogen and oxygen atoms in total. The molecule has 0 spiro atoms. The molecule has 0 unspecified atom stereocenters.